The van der Waals surface area contributed by atoms with E-state index in [2.05, 4.69) is 15.2 Å². The van der Waals surface area contributed by atoms with Crippen LogP contribution in [0.4, 0.5) is 4.79 Å². The fraction of sp³-hybridized carbons (Fsp3) is 0.375. The first kappa shape index (κ1) is 33.0. The van der Waals surface area contributed by atoms with Crippen LogP contribution < -0.4 is 5.32 Å². The largest absolute Gasteiger partial charge is 0.527 e. The molecule has 0 saturated carbocycles. The van der Waals surface area contributed by atoms with Gasteiger partial charge in [0.15, 0.2) is 5.82 Å². The first-order chi connectivity index (χ1) is 21.7. The van der Waals surface area contributed by atoms with Crippen molar-refractivity contribution in [3.63, 3.8) is 0 Å². The number of nitrogens with zero attached hydrogens (tertiary/aromatic N) is 5. The van der Waals surface area contributed by atoms with Gasteiger partial charge in [0.05, 0.1) is 25.4 Å². The minimum atomic E-state index is -1.11. The van der Waals surface area contributed by atoms with E-state index in [-0.39, 0.29) is 51.3 Å². The van der Waals surface area contributed by atoms with Gasteiger partial charge < -0.3 is 24.9 Å². The van der Waals surface area contributed by atoms with Gasteiger partial charge in [0, 0.05) is 38.2 Å². The Kier molecular flexibility index (Phi) is 11.9. The first-order valence-corrected chi connectivity index (χ1v) is 14.8. The monoisotopic (exact) mass is 618 g/mol. The Bertz CT molecular complexity index is 1450. The molecule has 2 amide bonds. The van der Waals surface area contributed by atoms with Gasteiger partial charge in [-0.1, -0.05) is 60.7 Å². The van der Waals surface area contributed by atoms with Crippen molar-refractivity contribution >= 4 is 23.9 Å². The predicted molar refractivity (Wildman–Crippen MR) is 163 cm³/mol. The molecule has 1 atom stereocenters. The third-order valence-corrected chi connectivity index (χ3v) is 7.04. The van der Waals surface area contributed by atoms with Crippen LogP contribution in [-0.2, 0) is 32.3 Å². The highest BCUT2D eigenvalue weighted by Crippen LogP contribution is 2.18. The normalized spacial score (nSPS) is 14.1. The lowest BCUT2D eigenvalue weighted by atomic mass is 10.1. The fourth-order valence-electron chi connectivity index (χ4n) is 4.87. The van der Waals surface area contributed by atoms with Gasteiger partial charge in [-0.2, -0.15) is 0 Å². The fourth-order valence-corrected chi connectivity index (χ4v) is 4.87. The summed E-state index contributed by atoms with van der Waals surface area (Å²) >= 11 is 0. The zero-order chi connectivity index (χ0) is 32.2. The summed E-state index contributed by atoms with van der Waals surface area (Å²) in [4.78, 5) is 68.1. The van der Waals surface area contributed by atoms with Gasteiger partial charge in [-0.05, 0) is 32.0 Å². The van der Waals surface area contributed by atoms with Crippen molar-refractivity contribution in [1.82, 2.24) is 30.1 Å². The lowest BCUT2D eigenvalue weighted by Gasteiger charge is -2.35. The van der Waals surface area contributed by atoms with Crippen LogP contribution in [0.15, 0.2) is 66.7 Å². The summed E-state index contributed by atoms with van der Waals surface area (Å²) in [6.45, 7) is 3.81. The van der Waals surface area contributed by atoms with Gasteiger partial charge in [0.25, 0.3) is 5.91 Å². The highest BCUT2D eigenvalue weighted by Gasteiger charge is 2.31. The van der Waals surface area contributed by atoms with E-state index in [0.717, 1.165) is 11.1 Å². The summed E-state index contributed by atoms with van der Waals surface area (Å²) in [7, 11) is 1.95. The smallest absolute Gasteiger partial charge is 0.481 e. The molecule has 238 valence electrons. The molecule has 0 spiro atoms. The third kappa shape index (κ3) is 10.1. The van der Waals surface area contributed by atoms with Crippen molar-refractivity contribution < 1.29 is 33.9 Å². The molecule has 45 heavy (non-hydrogen) atoms. The van der Waals surface area contributed by atoms with Crippen LogP contribution in [0, 0.1) is 0 Å². The van der Waals surface area contributed by atoms with Crippen molar-refractivity contribution in [3.8, 4) is 11.4 Å². The molecule has 13 heteroatoms. The minimum absolute atomic E-state index is 0.0627. The molecular formula is C32H38N6O7. The van der Waals surface area contributed by atoms with Gasteiger partial charge in [-0.3, -0.25) is 19.3 Å². The number of aliphatic carboxylic acids is 1. The summed E-state index contributed by atoms with van der Waals surface area (Å²) < 4.78 is 4.79. The number of nitrogens with one attached hydrogen (secondary N) is 1. The number of rotatable bonds is 13. The van der Waals surface area contributed by atoms with Crippen LogP contribution in [0.5, 0.6) is 0 Å². The van der Waals surface area contributed by atoms with E-state index in [1.807, 2.05) is 67.7 Å². The summed E-state index contributed by atoms with van der Waals surface area (Å²) in [6, 6.07) is 19.7. The van der Waals surface area contributed by atoms with E-state index < -0.39 is 30.0 Å². The van der Waals surface area contributed by atoms with E-state index in [1.54, 1.807) is 13.0 Å². The number of carbonyl (C=O) groups excluding carboxylic acids is 3. The molecule has 4 rings (SSSR count). The van der Waals surface area contributed by atoms with Crippen molar-refractivity contribution in [1.29, 1.82) is 0 Å². The van der Waals surface area contributed by atoms with Gasteiger partial charge >= 0.3 is 12.1 Å². The van der Waals surface area contributed by atoms with Crippen LogP contribution in [-0.4, -0.2) is 99.8 Å². The van der Waals surface area contributed by atoms with Gasteiger partial charge in [-0.25, -0.2) is 14.8 Å². The molecule has 0 unspecified atom stereocenters. The Morgan fingerprint density at radius 3 is 2.27 bits per heavy atom. The number of hydrogen-bond donors (Lipinski definition) is 2. The molecule has 0 bridgehead atoms. The first-order valence-electron chi connectivity index (χ1n) is 14.8. The second-order valence-electron chi connectivity index (χ2n) is 10.6. The van der Waals surface area contributed by atoms with E-state index in [4.69, 9.17) is 14.6 Å². The highest BCUT2D eigenvalue weighted by atomic mass is 16.8. The van der Waals surface area contributed by atoms with Gasteiger partial charge in [-0.15, -0.1) is 5.06 Å². The number of hydroxylamine groups is 2. The number of carboxylic acid groups (broad SMARTS) is 1. The minimum Gasteiger partial charge on any atom is -0.481 e. The number of benzene rings is 2. The second-order valence-corrected chi connectivity index (χ2v) is 10.6. The summed E-state index contributed by atoms with van der Waals surface area (Å²) in [5, 5.41) is 13.5. The number of hydrogen-bond acceptors (Lipinski definition) is 10. The van der Waals surface area contributed by atoms with E-state index >= 15 is 0 Å². The SMILES string of the molecule is CCOC(=O)ON1CCN(C(=O)[C@H](CCC(=O)O)NC(=O)c2cc(CN(C)Cc3ccccc3)nc(-c3ccccc3)n2)CC1. The van der Waals surface area contributed by atoms with Crippen molar-refractivity contribution in [2.45, 2.75) is 38.9 Å². The van der Waals surface area contributed by atoms with E-state index in [1.165, 1.54) is 9.96 Å². The zero-order valence-electron chi connectivity index (χ0n) is 25.4. The molecule has 2 heterocycles. The quantitative estimate of drug-likeness (QED) is 0.272. The molecule has 0 aliphatic carbocycles. The molecule has 1 aliphatic rings. The number of carboxylic acids is 1. The van der Waals surface area contributed by atoms with Crippen LogP contribution in [0.25, 0.3) is 11.4 Å². The predicted octanol–water partition coefficient (Wildman–Crippen LogP) is 2.97. The third-order valence-electron chi connectivity index (χ3n) is 7.04. The average Bonchev–Trinajstić information content (AvgIpc) is 3.03. The van der Waals surface area contributed by atoms with Crippen molar-refractivity contribution in [2.24, 2.45) is 0 Å². The Balaban J connectivity index is 1.51. The van der Waals surface area contributed by atoms with Gasteiger partial charge in [0.2, 0.25) is 5.91 Å². The maximum atomic E-state index is 13.6. The zero-order valence-corrected chi connectivity index (χ0v) is 25.4. The summed E-state index contributed by atoms with van der Waals surface area (Å²) in [6.07, 6.45) is -1.26. The van der Waals surface area contributed by atoms with Crippen LogP contribution >= 0.6 is 0 Å². The maximum absolute atomic E-state index is 13.6. The van der Waals surface area contributed by atoms with Crippen LogP contribution in [0.3, 0.4) is 0 Å². The Morgan fingerprint density at radius 1 is 0.956 bits per heavy atom. The molecule has 0 radical (unpaired) electrons. The molecule has 13 nitrogen and oxygen atoms in total. The maximum Gasteiger partial charge on any atom is 0.527 e. The highest BCUT2D eigenvalue weighted by molar-refractivity contribution is 5.96. The lowest BCUT2D eigenvalue weighted by molar-refractivity contribution is -0.157. The Hall–Kier alpha value is -4.88. The number of piperazine rings is 1. The van der Waals surface area contributed by atoms with Gasteiger partial charge in [0.1, 0.15) is 11.7 Å². The molecular weight excluding hydrogens is 580 g/mol. The average molecular weight is 619 g/mol. The molecule has 1 saturated heterocycles. The molecule has 2 N–H and O–H groups in total. The number of aromatic nitrogens is 2. The molecule has 3 aromatic rings. The van der Waals surface area contributed by atoms with Crippen LogP contribution in [0.1, 0.15) is 41.5 Å². The Morgan fingerprint density at radius 2 is 1.62 bits per heavy atom. The topological polar surface area (TPSA) is 154 Å². The summed E-state index contributed by atoms with van der Waals surface area (Å²) in [5.74, 6) is -1.78. The molecule has 2 aromatic carbocycles. The van der Waals surface area contributed by atoms with E-state index in [0.29, 0.717) is 24.6 Å². The number of ether oxygens (including phenoxy) is 1. The lowest BCUT2D eigenvalue weighted by Crippen LogP contribution is -2.55. The summed E-state index contributed by atoms with van der Waals surface area (Å²) in [5.41, 5.74) is 2.52. The number of carbonyl (C=O) groups is 4. The standard InChI is InChI=1S/C32H38N6O7/c1-3-44-32(43)45-38-18-16-37(17-19-38)31(42)26(14-15-28(39)40)35-30(41)27-20-25(22-36(2)21-23-10-6-4-7-11-23)33-29(34-27)24-12-8-5-9-13-24/h4-13,20,26H,3,14-19,21-22H2,1-2H3,(H,35,41)(H,39,40)/t26-/m0/s1. The molecule has 1 aromatic heterocycles. The van der Waals surface area contributed by atoms with E-state index in [9.17, 15) is 24.3 Å². The second kappa shape index (κ2) is 16.3. The molecule has 1 fully saturated rings. The Labute approximate surface area is 261 Å². The molecule has 1 aliphatic heterocycles. The van der Waals surface area contributed by atoms with Crippen molar-refractivity contribution in [2.75, 3.05) is 39.8 Å². The van der Waals surface area contributed by atoms with Crippen LogP contribution in [0.2, 0.25) is 0 Å². The van der Waals surface area contributed by atoms with Crippen molar-refractivity contribution in [3.05, 3.63) is 83.7 Å². The number of amides is 2.